The normalized spacial score (nSPS) is 22.5. The van der Waals surface area contributed by atoms with Crippen molar-refractivity contribution in [2.45, 2.75) is 12.2 Å². The summed E-state index contributed by atoms with van der Waals surface area (Å²) in [5.41, 5.74) is 0.0480. The standard InChI is InChI=1S/C7H6O2.C7H8O2.H2O/c8-6-3-1-2-4-7(6)5-9-7;8-5-6-3-1-2-4-7(6)9;/h1-4H,5H2;1-4,8-9H,5H2;1H2/t7-;;/m0../s1. The molecule has 0 unspecified atom stereocenters. The molecule has 2 aliphatic rings. The van der Waals surface area contributed by atoms with Crippen LogP contribution in [0.4, 0.5) is 0 Å². The molecule has 1 saturated heterocycles. The first-order chi connectivity index (χ1) is 8.68. The summed E-state index contributed by atoms with van der Waals surface area (Å²) < 4.78 is 4.96. The predicted molar refractivity (Wildman–Crippen MR) is 69.6 cm³/mol. The molecule has 5 heteroatoms. The molecule has 3 rings (SSSR count). The molecule has 1 aromatic rings. The molecular weight excluding hydrogens is 248 g/mol. The topological polar surface area (TPSA) is 102 Å². The highest BCUT2D eigenvalue weighted by molar-refractivity contribution is 6.02. The Bertz CT molecular complexity index is 500. The summed E-state index contributed by atoms with van der Waals surface area (Å²) in [4.78, 5) is 10.9. The zero-order valence-electron chi connectivity index (χ0n) is 10.2. The quantitative estimate of drug-likeness (QED) is 0.721. The van der Waals surface area contributed by atoms with Crippen molar-refractivity contribution in [3.63, 3.8) is 0 Å². The van der Waals surface area contributed by atoms with Crippen LogP contribution in [0.2, 0.25) is 0 Å². The Morgan fingerprint density at radius 2 is 1.95 bits per heavy atom. The number of aromatic hydroxyl groups is 1. The van der Waals surface area contributed by atoms with Crippen molar-refractivity contribution in [2.24, 2.45) is 0 Å². The molecule has 5 nitrogen and oxygen atoms in total. The third-order valence-corrected chi connectivity index (χ3v) is 2.76. The number of para-hydroxylation sites is 1. The van der Waals surface area contributed by atoms with E-state index in [2.05, 4.69) is 0 Å². The van der Waals surface area contributed by atoms with Crippen molar-refractivity contribution >= 4 is 5.78 Å². The Balaban J connectivity index is 0.000000180. The molecule has 1 aliphatic heterocycles. The van der Waals surface area contributed by atoms with E-state index < -0.39 is 5.60 Å². The Morgan fingerprint density at radius 1 is 1.26 bits per heavy atom. The van der Waals surface area contributed by atoms with Crippen LogP contribution in [0, 0.1) is 0 Å². The number of ether oxygens (including phenoxy) is 1. The average Bonchev–Trinajstić information content (AvgIpc) is 3.16. The second-order valence-electron chi connectivity index (χ2n) is 4.05. The number of rotatable bonds is 1. The Morgan fingerprint density at radius 3 is 2.37 bits per heavy atom. The summed E-state index contributed by atoms with van der Waals surface area (Å²) in [6.45, 7) is 0.458. The Labute approximate surface area is 110 Å². The van der Waals surface area contributed by atoms with Gasteiger partial charge in [-0.2, -0.15) is 0 Å². The molecule has 1 fully saturated rings. The summed E-state index contributed by atoms with van der Waals surface area (Å²) in [7, 11) is 0. The van der Waals surface area contributed by atoms with E-state index in [-0.39, 0.29) is 23.6 Å². The maximum atomic E-state index is 10.9. The molecule has 1 aliphatic carbocycles. The van der Waals surface area contributed by atoms with Gasteiger partial charge in [0.2, 0.25) is 0 Å². The van der Waals surface area contributed by atoms with Gasteiger partial charge in [0.25, 0.3) is 0 Å². The van der Waals surface area contributed by atoms with E-state index in [1.54, 1.807) is 42.5 Å². The van der Waals surface area contributed by atoms with Crippen LogP contribution in [-0.4, -0.2) is 33.7 Å². The highest BCUT2D eigenvalue weighted by atomic mass is 16.6. The summed E-state index contributed by atoms with van der Waals surface area (Å²) in [6, 6.07) is 6.71. The van der Waals surface area contributed by atoms with Crippen molar-refractivity contribution in [2.75, 3.05) is 6.61 Å². The molecule has 0 radical (unpaired) electrons. The second-order valence-corrected chi connectivity index (χ2v) is 4.05. The first kappa shape index (κ1) is 15.1. The van der Waals surface area contributed by atoms with E-state index in [1.165, 1.54) is 0 Å². The van der Waals surface area contributed by atoms with Crippen LogP contribution in [-0.2, 0) is 16.1 Å². The van der Waals surface area contributed by atoms with Gasteiger partial charge in [-0.25, -0.2) is 0 Å². The third kappa shape index (κ3) is 3.51. The maximum absolute atomic E-state index is 10.9. The number of allylic oxidation sites excluding steroid dienone is 2. The molecule has 1 aromatic carbocycles. The number of carbonyl (C=O) groups is 1. The fraction of sp³-hybridized carbons (Fsp3) is 0.214. The molecule has 1 atom stereocenters. The summed E-state index contributed by atoms with van der Waals surface area (Å²) in [5.74, 6) is 0.227. The average molecular weight is 264 g/mol. The van der Waals surface area contributed by atoms with Gasteiger partial charge in [-0.3, -0.25) is 4.79 Å². The molecular formula is C14H16O5. The fourth-order valence-electron chi connectivity index (χ4n) is 1.54. The Hall–Kier alpha value is -1.95. The van der Waals surface area contributed by atoms with E-state index in [0.717, 1.165) is 0 Å². The molecule has 0 amide bonds. The summed E-state index contributed by atoms with van der Waals surface area (Å²) in [5, 5.41) is 17.5. The maximum Gasteiger partial charge on any atom is 0.193 e. The van der Waals surface area contributed by atoms with Crippen LogP contribution < -0.4 is 0 Å². The van der Waals surface area contributed by atoms with Crippen LogP contribution in [0.1, 0.15) is 5.56 Å². The SMILES string of the molecule is O.O=C1C=CC=C[C@]12CO2.OCc1ccccc1O. The lowest BCUT2D eigenvalue weighted by Crippen LogP contribution is -2.20. The first-order valence-electron chi connectivity index (χ1n) is 5.60. The van der Waals surface area contributed by atoms with E-state index in [0.29, 0.717) is 12.2 Å². The number of carbonyl (C=O) groups excluding carboxylic acids is 1. The number of ketones is 1. The van der Waals surface area contributed by atoms with Gasteiger partial charge in [-0.1, -0.05) is 30.4 Å². The molecule has 1 heterocycles. The molecule has 102 valence electrons. The zero-order chi connectivity index (χ0) is 13.0. The van der Waals surface area contributed by atoms with Crippen LogP contribution in [0.15, 0.2) is 48.6 Å². The molecule has 1 spiro atoms. The highest BCUT2D eigenvalue weighted by Gasteiger charge is 2.48. The van der Waals surface area contributed by atoms with Gasteiger partial charge in [0, 0.05) is 5.56 Å². The number of phenols is 1. The lowest BCUT2D eigenvalue weighted by molar-refractivity contribution is -0.118. The minimum atomic E-state index is -0.519. The Kier molecular flexibility index (Phi) is 5.00. The summed E-state index contributed by atoms with van der Waals surface area (Å²) in [6.07, 6.45) is 6.92. The van der Waals surface area contributed by atoms with Crippen LogP contribution in [0.5, 0.6) is 5.75 Å². The number of hydrogen-bond acceptors (Lipinski definition) is 4. The van der Waals surface area contributed by atoms with E-state index in [9.17, 15) is 4.79 Å². The molecule has 4 N–H and O–H groups in total. The van der Waals surface area contributed by atoms with E-state index >= 15 is 0 Å². The van der Waals surface area contributed by atoms with Crippen LogP contribution >= 0.6 is 0 Å². The van der Waals surface area contributed by atoms with E-state index in [4.69, 9.17) is 14.9 Å². The number of epoxide rings is 1. The second kappa shape index (κ2) is 6.29. The van der Waals surface area contributed by atoms with Gasteiger partial charge in [0.15, 0.2) is 11.4 Å². The minimum Gasteiger partial charge on any atom is -0.508 e. The largest absolute Gasteiger partial charge is 0.508 e. The predicted octanol–water partition coefficient (Wildman–Crippen LogP) is 0.510. The van der Waals surface area contributed by atoms with Gasteiger partial charge >= 0.3 is 0 Å². The van der Waals surface area contributed by atoms with Gasteiger partial charge in [0.1, 0.15) is 5.75 Å². The van der Waals surface area contributed by atoms with Gasteiger partial charge in [-0.15, -0.1) is 0 Å². The van der Waals surface area contributed by atoms with Gasteiger partial charge < -0.3 is 20.4 Å². The molecule has 0 aromatic heterocycles. The number of benzene rings is 1. The van der Waals surface area contributed by atoms with Crippen molar-refractivity contribution in [3.8, 4) is 5.75 Å². The number of aliphatic hydroxyl groups excluding tert-OH is 1. The first-order valence-corrected chi connectivity index (χ1v) is 5.60. The molecule has 0 saturated carbocycles. The highest BCUT2D eigenvalue weighted by Crippen LogP contribution is 2.31. The van der Waals surface area contributed by atoms with Crippen molar-refractivity contribution in [1.82, 2.24) is 0 Å². The number of hydrogen-bond donors (Lipinski definition) is 2. The van der Waals surface area contributed by atoms with Crippen molar-refractivity contribution < 1.29 is 25.2 Å². The van der Waals surface area contributed by atoms with Crippen LogP contribution in [0.25, 0.3) is 0 Å². The smallest absolute Gasteiger partial charge is 0.193 e. The lowest BCUT2D eigenvalue weighted by Gasteiger charge is -2.02. The zero-order valence-corrected chi connectivity index (χ0v) is 10.2. The van der Waals surface area contributed by atoms with Gasteiger partial charge in [0.05, 0.1) is 13.2 Å². The van der Waals surface area contributed by atoms with Crippen LogP contribution in [0.3, 0.4) is 0 Å². The molecule has 0 bridgehead atoms. The van der Waals surface area contributed by atoms with E-state index in [1.807, 2.05) is 6.08 Å². The monoisotopic (exact) mass is 264 g/mol. The molecule has 19 heavy (non-hydrogen) atoms. The fourth-order valence-corrected chi connectivity index (χ4v) is 1.54. The van der Waals surface area contributed by atoms with Crippen molar-refractivity contribution in [3.05, 3.63) is 54.1 Å². The number of aliphatic hydroxyl groups is 1. The summed E-state index contributed by atoms with van der Waals surface area (Å²) >= 11 is 0. The lowest BCUT2D eigenvalue weighted by atomic mass is 10.0. The van der Waals surface area contributed by atoms with Gasteiger partial charge in [-0.05, 0) is 18.2 Å². The minimum absolute atomic E-state index is 0. The third-order valence-electron chi connectivity index (χ3n) is 2.76. The van der Waals surface area contributed by atoms with Crippen molar-refractivity contribution in [1.29, 1.82) is 0 Å².